The molecule has 1 aromatic rings. The van der Waals surface area contributed by atoms with Crippen molar-refractivity contribution < 1.29 is 0 Å². The van der Waals surface area contributed by atoms with Gasteiger partial charge < -0.3 is 5.32 Å². The lowest BCUT2D eigenvalue weighted by atomic mass is 9.67. The summed E-state index contributed by atoms with van der Waals surface area (Å²) in [5.41, 5.74) is 1.32. The van der Waals surface area contributed by atoms with Crippen LogP contribution >= 0.6 is 11.6 Å². The Bertz CT molecular complexity index is 482. The molecule has 0 unspecified atom stereocenters. The molecule has 3 nitrogen and oxygen atoms in total. The fourth-order valence-electron chi connectivity index (χ4n) is 2.60. The molecule has 2 rings (SSSR count). The fraction of sp³-hybridized carbons (Fsp3) is 0.750. The zero-order valence-electron chi connectivity index (χ0n) is 13.3. The van der Waals surface area contributed by atoms with Crippen molar-refractivity contribution in [2.24, 2.45) is 5.41 Å². The Labute approximate surface area is 127 Å². The number of aromatic nitrogens is 2. The number of anilines is 1. The van der Waals surface area contributed by atoms with E-state index in [1.165, 1.54) is 25.7 Å². The number of halogens is 1. The van der Waals surface area contributed by atoms with Crippen LogP contribution in [0.25, 0.3) is 0 Å². The molecule has 0 aliphatic heterocycles. The van der Waals surface area contributed by atoms with Gasteiger partial charge in [0.25, 0.3) is 0 Å². The fourth-order valence-corrected chi connectivity index (χ4v) is 2.77. The standard InChI is InChI=1S/C16H26ClN3/c1-6-16(8-7-9-16)10-18-13-11(2)12(17)19-14(20-13)15(3,4)5/h6-10H2,1-5H3,(H,18,19,20). The van der Waals surface area contributed by atoms with Crippen LogP contribution in [-0.4, -0.2) is 16.5 Å². The molecule has 1 aliphatic carbocycles. The van der Waals surface area contributed by atoms with E-state index < -0.39 is 0 Å². The Kier molecular flexibility index (Phi) is 4.29. The first kappa shape index (κ1) is 15.6. The summed E-state index contributed by atoms with van der Waals surface area (Å²) in [6.07, 6.45) is 5.22. The van der Waals surface area contributed by atoms with Crippen molar-refractivity contribution in [2.45, 2.75) is 65.7 Å². The number of hydrogen-bond acceptors (Lipinski definition) is 3. The quantitative estimate of drug-likeness (QED) is 0.816. The summed E-state index contributed by atoms with van der Waals surface area (Å²) in [4.78, 5) is 9.11. The zero-order valence-corrected chi connectivity index (χ0v) is 14.1. The lowest BCUT2D eigenvalue weighted by Gasteiger charge is -2.41. The van der Waals surface area contributed by atoms with Crippen LogP contribution in [0.4, 0.5) is 5.82 Å². The normalized spacial score (nSPS) is 17.7. The molecule has 0 amide bonds. The van der Waals surface area contributed by atoms with Crippen LogP contribution in [0.15, 0.2) is 0 Å². The Hall–Kier alpha value is -0.830. The van der Waals surface area contributed by atoms with Gasteiger partial charge in [-0.25, -0.2) is 9.97 Å². The Morgan fingerprint density at radius 1 is 1.25 bits per heavy atom. The predicted molar refractivity (Wildman–Crippen MR) is 85.5 cm³/mol. The third-order valence-electron chi connectivity index (χ3n) is 4.55. The summed E-state index contributed by atoms with van der Waals surface area (Å²) in [7, 11) is 0. The van der Waals surface area contributed by atoms with E-state index in [2.05, 4.69) is 38.0 Å². The van der Waals surface area contributed by atoms with E-state index in [4.69, 9.17) is 16.6 Å². The second-order valence-corrected chi connectivity index (χ2v) is 7.48. The molecule has 20 heavy (non-hydrogen) atoms. The van der Waals surface area contributed by atoms with Crippen molar-refractivity contribution in [3.63, 3.8) is 0 Å². The monoisotopic (exact) mass is 295 g/mol. The van der Waals surface area contributed by atoms with Gasteiger partial charge in [-0.2, -0.15) is 0 Å². The molecule has 1 aliphatic rings. The minimum atomic E-state index is -0.0906. The first-order chi connectivity index (χ1) is 9.27. The molecule has 0 saturated heterocycles. The molecule has 0 spiro atoms. The minimum absolute atomic E-state index is 0.0906. The van der Waals surface area contributed by atoms with Gasteiger partial charge in [0.1, 0.15) is 16.8 Å². The highest BCUT2D eigenvalue weighted by Crippen LogP contribution is 2.43. The zero-order chi connectivity index (χ0) is 15.0. The molecule has 1 saturated carbocycles. The van der Waals surface area contributed by atoms with Gasteiger partial charge in [-0.3, -0.25) is 0 Å². The van der Waals surface area contributed by atoms with E-state index in [-0.39, 0.29) is 5.41 Å². The van der Waals surface area contributed by atoms with Crippen LogP contribution in [0, 0.1) is 12.3 Å². The second kappa shape index (κ2) is 5.51. The average molecular weight is 296 g/mol. The van der Waals surface area contributed by atoms with Crippen molar-refractivity contribution in [3.8, 4) is 0 Å². The van der Waals surface area contributed by atoms with Crippen molar-refractivity contribution in [1.29, 1.82) is 0 Å². The lowest BCUT2D eigenvalue weighted by molar-refractivity contribution is 0.145. The van der Waals surface area contributed by atoms with E-state index >= 15 is 0 Å². The highest BCUT2D eigenvalue weighted by atomic mass is 35.5. The summed E-state index contributed by atoms with van der Waals surface area (Å²) in [5, 5.41) is 4.09. The van der Waals surface area contributed by atoms with Crippen molar-refractivity contribution >= 4 is 17.4 Å². The maximum absolute atomic E-state index is 6.27. The van der Waals surface area contributed by atoms with Gasteiger partial charge in [0.05, 0.1) is 0 Å². The Balaban J connectivity index is 2.20. The molecule has 0 bridgehead atoms. The van der Waals surface area contributed by atoms with Crippen LogP contribution in [0.2, 0.25) is 5.15 Å². The minimum Gasteiger partial charge on any atom is -0.369 e. The molecular formula is C16H26ClN3. The Morgan fingerprint density at radius 2 is 1.90 bits per heavy atom. The summed E-state index contributed by atoms with van der Waals surface area (Å²) in [5.74, 6) is 1.70. The SMILES string of the molecule is CCC1(CNc2nc(C(C)(C)C)nc(Cl)c2C)CCC1. The number of nitrogens with zero attached hydrogens (tertiary/aromatic N) is 2. The van der Waals surface area contributed by atoms with Crippen molar-refractivity contribution in [2.75, 3.05) is 11.9 Å². The maximum atomic E-state index is 6.27. The van der Waals surface area contributed by atoms with Gasteiger partial charge in [-0.15, -0.1) is 0 Å². The molecule has 1 N–H and O–H groups in total. The summed E-state index contributed by atoms with van der Waals surface area (Å²) in [6.45, 7) is 11.6. The van der Waals surface area contributed by atoms with E-state index in [9.17, 15) is 0 Å². The molecule has 1 heterocycles. The molecule has 0 radical (unpaired) electrons. The maximum Gasteiger partial charge on any atom is 0.137 e. The second-order valence-electron chi connectivity index (χ2n) is 7.12. The molecular weight excluding hydrogens is 270 g/mol. The van der Waals surface area contributed by atoms with Gasteiger partial charge in [-0.1, -0.05) is 45.7 Å². The van der Waals surface area contributed by atoms with Crippen molar-refractivity contribution in [3.05, 3.63) is 16.5 Å². The van der Waals surface area contributed by atoms with Crippen LogP contribution in [0.3, 0.4) is 0 Å². The van der Waals surface area contributed by atoms with Crippen LogP contribution in [-0.2, 0) is 5.41 Å². The smallest absolute Gasteiger partial charge is 0.137 e. The van der Waals surface area contributed by atoms with Gasteiger partial charge in [0.2, 0.25) is 0 Å². The van der Waals surface area contributed by atoms with Gasteiger partial charge in [0.15, 0.2) is 0 Å². The molecule has 112 valence electrons. The van der Waals surface area contributed by atoms with E-state index in [0.29, 0.717) is 10.6 Å². The van der Waals surface area contributed by atoms with Crippen LogP contribution in [0.1, 0.15) is 64.8 Å². The predicted octanol–water partition coefficient (Wildman–Crippen LogP) is 4.73. The van der Waals surface area contributed by atoms with E-state index in [1.54, 1.807) is 0 Å². The number of rotatable bonds is 4. The third-order valence-corrected chi connectivity index (χ3v) is 4.92. The average Bonchev–Trinajstić information content (AvgIpc) is 2.31. The van der Waals surface area contributed by atoms with Gasteiger partial charge >= 0.3 is 0 Å². The van der Waals surface area contributed by atoms with Gasteiger partial charge in [0, 0.05) is 17.5 Å². The van der Waals surface area contributed by atoms with E-state index in [0.717, 1.165) is 23.8 Å². The first-order valence-electron chi connectivity index (χ1n) is 7.56. The largest absolute Gasteiger partial charge is 0.369 e. The molecule has 1 aromatic heterocycles. The molecule has 4 heteroatoms. The molecule has 1 fully saturated rings. The summed E-state index contributed by atoms with van der Waals surface area (Å²) >= 11 is 6.27. The molecule has 0 aromatic carbocycles. The van der Waals surface area contributed by atoms with Crippen LogP contribution < -0.4 is 5.32 Å². The lowest BCUT2D eigenvalue weighted by Crippen LogP contribution is -2.36. The van der Waals surface area contributed by atoms with E-state index in [1.807, 2.05) is 6.92 Å². The molecule has 0 atom stereocenters. The summed E-state index contributed by atoms with van der Waals surface area (Å²) < 4.78 is 0. The van der Waals surface area contributed by atoms with Gasteiger partial charge in [-0.05, 0) is 31.6 Å². The number of hydrogen-bond donors (Lipinski definition) is 1. The number of nitrogens with one attached hydrogen (secondary N) is 1. The first-order valence-corrected chi connectivity index (χ1v) is 7.94. The topological polar surface area (TPSA) is 37.8 Å². The van der Waals surface area contributed by atoms with Crippen molar-refractivity contribution in [1.82, 2.24) is 9.97 Å². The highest BCUT2D eigenvalue weighted by Gasteiger charge is 2.35. The van der Waals surface area contributed by atoms with Crippen LogP contribution in [0.5, 0.6) is 0 Å². The summed E-state index contributed by atoms with van der Waals surface area (Å²) in [6, 6.07) is 0. The Morgan fingerprint density at radius 3 is 2.35 bits per heavy atom. The third kappa shape index (κ3) is 3.08. The highest BCUT2D eigenvalue weighted by molar-refractivity contribution is 6.30.